The van der Waals surface area contributed by atoms with E-state index in [2.05, 4.69) is 5.32 Å². The molecule has 0 heterocycles. The van der Waals surface area contributed by atoms with E-state index in [4.69, 9.17) is 0 Å². The fourth-order valence-corrected chi connectivity index (χ4v) is 3.49. The first-order chi connectivity index (χ1) is 12.1. The van der Waals surface area contributed by atoms with E-state index < -0.39 is 10.0 Å². The van der Waals surface area contributed by atoms with Gasteiger partial charge in [0.1, 0.15) is 0 Å². The predicted molar refractivity (Wildman–Crippen MR) is 106 cm³/mol. The number of carbonyl (C=O) groups excluding carboxylic acids is 1. The highest BCUT2D eigenvalue weighted by molar-refractivity contribution is 7.89. The molecule has 140 valence electrons. The third-order valence-electron chi connectivity index (χ3n) is 4.33. The summed E-state index contributed by atoms with van der Waals surface area (Å²) in [5, 5.41) is 2.86. The molecule has 0 unspecified atom stereocenters. The normalized spacial score (nSPS) is 11.5. The number of hydrogen-bond acceptors (Lipinski definition) is 4. The van der Waals surface area contributed by atoms with Gasteiger partial charge in [-0.1, -0.05) is 12.1 Å². The number of aryl methyl sites for hydroxylation is 1. The summed E-state index contributed by atoms with van der Waals surface area (Å²) in [6.07, 6.45) is 0. The molecule has 2 aromatic rings. The maximum atomic E-state index is 12.8. The van der Waals surface area contributed by atoms with Gasteiger partial charge in [-0.15, -0.1) is 0 Å². The van der Waals surface area contributed by atoms with Crippen LogP contribution in [0.15, 0.2) is 41.3 Å². The Morgan fingerprint density at radius 1 is 1.00 bits per heavy atom. The maximum absolute atomic E-state index is 12.8. The van der Waals surface area contributed by atoms with Crippen LogP contribution in [0.3, 0.4) is 0 Å². The van der Waals surface area contributed by atoms with Gasteiger partial charge in [-0.05, 0) is 49.2 Å². The third kappa shape index (κ3) is 3.89. The first-order valence-corrected chi connectivity index (χ1v) is 9.61. The summed E-state index contributed by atoms with van der Waals surface area (Å²) >= 11 is 0. The second kappa shape index (κ2) is 7.47. The predicted octanol–water partition coefficient (Wildman–Crippen LogP) is 2.87. The van der Waals surface area contributed by atoms with E-state index in [1.807, 2.05) is 45.0 Å². The molecule has 7 heteroatoms. The Labute approximate surface area is 155 Å². The molecule has 2 rings (SSSR count). The molecule has 1 amide bonds. The molecule has 0 spiro atoms. The lowest BCUT2D eigenvalue weighted by Gasteiger charge is -2.20. The van der Waals surface area contributed by atoms with Crippen molar-refractivity contribution in [3.8, 4) is 0 Å². The molecule has 0 aliphatic carbocycles. The minimum Gasteiger partial charge on any atom is -0.376 e. The zero-order chi connectivity index (χ0) is 19.6. The Morgan fingerprint density at radius 3 is 2.23 bits per heavy atom. The van der Waals surface area contributed by atoms with Crippen molar-refractivity contribution >= 4 is 27.3 Å². The van der Waals surface area contributed by atoms with E-state index in [9.17, 15) is 13.2 Å². The van der Waals surface area contributed by atoms with Gasteiger partial charge in [-0.3, -0.25) is 4.79 Å². The summed E-state index contributed by atoms with van der Waals surface area (Å²) in [6.45, 7) is 3.84. The molecule has 2 aromatic carbocycles. The van der Waals surface area contributed by atoms with Crippen molar-refractivity contribution in [2.45, 2.75) is 18.7 Å². The van der Waals surface area contributed by atoms with Gasteiger partial charge in [0.25, 0.3) is 5.91 Å². The summed E-state index contributed by atoms with van der Waals surface area (Å²) in [5.74, 6) is -0.270. The second-order valence-electron chi connectivity index (χ2n) is 6.56. The lowest BCUT2D eigenvalue weighted by Crippen LogP contribution is -2.23. The lowest BCUT2D eigenvalue weighted by atomic mass is 10.0. The quantitative estimate of drug-likeness (QED) is 0.872. The second-order valence-corrected chi connectivity index (χ2v) is 8.71. The summed E-state index contributed by atoms with van der Waals surface area (Å²) in [5.41, 5.74) is 3.66. The number of nitrogens with one attached hydrogen (secondary N) is 1. The average Bonchev–Trinajstić information content (AvgIpc) is 2.56. The van der Waals surface area contributed by atoms with Crippen LogP contribution in [-0.4, -0.2) is 46.8 Å². The topological polar surface area (TPSA) is 69.7 Å². The van der Waals surface area contributed by atoms with Crippen molar-refractivity contribution in [1.29, 1.82) is 0 Å². The first-order valence-electron chi connectivity index (χ1n) is 8.17. The van der Waals surface area contributed by atoms with Gasteiger partial charge < -0.3 is 10.2 Å². The average molecular weight is 375 g/mol. The van der Waals surface area contributed by atoms with Crippen molar-refractivity contribution in [2.75, 3.05) is 38.4 Å². The van der Waals surface area contributed by atoms with Crippen LogP contribution in [0.2, 0.25) is 0 Å². The van der Waals surface area contributed by atoms with Gasteiger partial charge in [-0.2, -0.15) is 0 Å². The van der Waals surface area contributed by atoms with Gasteiger partial charge in [0.05, 0.1) is 16.3 Å². The van der Waals surface area contributed by atoms with Crippen molar-refractivity contribution < 1.29 is 13.2 Å². The van der Waals surface area contributed by atoms with Gasteiger partial charge in [0.15, 0.2) is 0 Å². The molecule has 0 aromatic heterocycles. The summed E-state index contributed by atoms with van der Waals surface area (Å²) in [6, 6.07) is 10.3. The zero-order valence-corrected chi connectivity index (χ0v) is 16.8. The Hall–Kier alpha value is -2.38. The Kier molecular flexibility index (Phi) is 5.73. The lowest BCUT2D eigenvalue weighted by molar-refractivity contribution is 0.102. The highest BCUT2D eigenvalue weighted by Gasteiger charge is 2.20. The van der Waals surface area contributed by atoms with Crippen molar-refractivity contribution in [1.82, 2.24) is 4.31 Å². The van der Waals surface area contributed by atoms with Crippen LogP contribution >= 0.6 is 0 Å². The molecular weight excluding hydrogens is 350 g/mol. The fourth-order valence-electron chi connectivity index (χ4n) is 2.56. The number of amides is 1. The van der Waals surface area contributed by atoms with E-state index in [-0.39, 0.29) is 10.8 Å². The number of nitrogens with zero attached hydrogens (tertiary/aromatic N) is 2. The van der Waals surface area contributed by atoms with Gasteiger partial charge >= 0.3 is 0 Å². The summed E-state index contributed by atoms with van der Waals surface area (Å²) in [4.78, 5) is 14.7. The minimum atomic E-state index is -3.59. The molecule has 0 radical (unpaired) electrons. The highest BCUT2D eigenvalue weighted by atomic mass is 32.2. The Balaban J connectivity index is 2.50. The van der Waals surface area contributed by atoms with Crippen molar-refractivity contribution in [3.63, 3.8) is 0 Å². The monoisotopic (exact) mass is 375 g/mol. The summed E-state index contributed by atoms with van der Waals surface area (Å²) < 4.78 is 26.0. The minimum absolute atomic E-state index is 0.129. The van der Waals surface area contributed by atoms with E-state index in [0.29, 0.717) is 11.3 Å². The van der Waals surface area contributed by atoms with Crippen LogP contribution in [-0.2, 0) is 10.0 Å². The van der Waals surface area contributed by atoms with E-state index in [1.54, 1.807) is 12.1 Å². The largest absolute Gasteiger partial charge is 0.376 e. The molecule has 0 bridgehead atoms. The molecular formula is C19H25N3O3S. The Morgan fingerprint density at radius 2 is 1.65 bits per heavy atom. The smallest absolute Gasteiger partial charge is 0.255 e. The molecule has 0 saturated heterocycles. The van der Waals surface area contributed by atoms with Gasteiger partial charge in [-0.25, -0.2) is 12.7 Å². The Bertz CT molecular complexity index is 935. The van der Waals surface area contributed by atoms with Crippen LogP contribution in [0.5, 0.6) is 0 Å². The van der Waals surface area contributed by atoms with Crippen LogP contribution in [0, 0.1) is 13.8 Å². The van der Waals surface area contributed by atoms with Crippen LogP contribution < -0.4 is 10.2 Å². The van der Waals surface area contributed by atoms with Gasteiger partial charge in [0.2, 0.25) is 10.0 Å². The number of rotatable bonds is 5. The molecule has 0 fully saturated rings. The zero-order valence-electron chi connectivity index (χ0n) is 16.0. The summed E-state index contributed by atoms with van der Waals surface area (Å²) in [7, 11) is 3.03. The van der Waals surface area contributed by atoms with Crippen LogP contribution in [0.25, 0.3) is 0 Å². The molecule has 0 aliphatic heterocycles. The highest BCUT2D eigenvalue weighted by Crippen LogP contribution is 2.29. The molecule has 26 heavy (non-hydrogen) atoms. The van der Waals surface area contributed by atoms with Crippen molar-refractivity contribution in [2.24, 2.45) is 0 Å². The van der Waals surface area contributed by atoms with E-state index in [1.165, 1.54) is 26.2 Å². The number of carbonyl (C=O) groups is 1. The SMILES string of the molecule is Cc1cccc(C(=O)Nc2cc(S(=O)(=O)N(C)C)ccc2N(C)C)c1C. The van der Waals surface area contributed by atoms with E-state index >= 15 is 0 Å². The third-order valence-corrected chi connectivity index (χ3v) is 6.14. The molecule has 1 N–H and O–H groups in total. The molecule has 0 saturated carbocycles. The number of benzene rings is 2. The molecule has 6 nitrogen and oxygen atoms in total. The van der Waals surface area contributed by atoms with E-state index in [0.717, 1.165) is 21.1 Å². The standard InChI is InChI=1S/C19H25N3O3S/c1-13-8-7-9-16(14(13)2)19(23)20-17-12-15(26(24,25)22(5)6)10-11-18(17)21(3)4/h7-12H,1-6H3,(H,20,23). The number of hydrogen-bond donors (Lipinski definition) is 1. The van der Waals surface area contributed by atoms with Crippen molar-refractivity contribution in [3.05, 3.63) is 53.1 Å². The van der Waals surface area contributed by atoms with Gasteiger partial charge in [0, 0.05) is 33.8 Å². The maximum Gasteiger partial charge on any atom is 0.255 e. The molecule has 0 atom stereocenters. The number of sulfonamides is 1. The number of anilines is 2. The van der Waals surface area contributed by atoms with Crippen LogP contribution in [0.1, 0.15) is 21.5 Å². The molecule has 0 aliphatic rings. The fraction of sp³-hybridized carbons (Fsp3) is 0.316. The van der Waals surface area contributed by atoms with Crippen LogP contribution in [0.4, 0.5) is 11.4 Å². The first kappa shape index (κ1) is 19.9.